The molecule has 7 aromatic rings. The number of nitrogens with zero attached hydrogens (tertiary/aromatic N) is 3. The van der Waals surface area contributed by atoms with Gasteiger partial charge in [0.15, 0.2) is 17.5 Å². The third kappa shape index (κ3) is 5.12. The molecule has 3 heteroatoms. The minimum absolute atomic E-state index is 0.0871. The second-order valence-corrected chi connectivity index (χ2v) is 17.3. The maximum Gasteiger partial charge on any atom is 0.164 e. The van der Waals surface area contributed by atoms with Gasteiger partial charge in [0.05, 0.1) is 0 Å². The Balaban J connectivity index is 1.06. The minimum Gasteiger partial charge on any atom is -0.208 e. The van der Waals surface area contributed by atoms with Gasteiger partial charge in [0.1, 0.15) is 0 Å². The normalized spacial score (nSPS) is 24.0. The Hall–Kier alpha value is -5.67. The Labute approximate surface area is 324 Å². The van der Waals surface area contributed by atoms with Crippen LogP contribution in [0.25, 0.3) is 56.4 Å². The van der Waals surface area contributed by atoms with Gasteiger partial charge in [-0.25, -0.2) is 15.0 Å². The standard InChI is InChI=1S/C52H45N3/c1-51(2)44-15-9-10-16-45(44)52(42-28-33-27-34(30-42)31-43(52)29-33)46-26-25-41(32-47(46)51)50-54-48(39-21-17-37(18-22-39)35-11-5-3-6-12-35)53-49(55-50)40-23-19-38(20-24-40)36-13-7-4-8-14-36/h3-26,32-34,42-43H,27-31H2,1-2H3. The molecule has 4 bridgehead atoms. The molecule has 0 N–H and O–H groups in total. The SMILES string of the molecule is CC1(C)c2ccccc2C2(c3ccc(-c4nc(-c5ccc(-c6ccccc6)cc5)nc(-c5ccc(-c6ccccc6)cc5)n4)cc31)C1CC3CC(C1)CC2C3. The van der Waals surface area contributed by atoms with Crippen LogP contribution < -0.4 is 0 Å². The largest absolute Gasteiger partial charge is 0.208 e. The molecular formula is C52H45N3. The van der Waals surface area contributed by atoms with Crippen molar-refractivity contribution in [2.75, 3.05) is 0 Å². The van der Waals surface area contributed by atoms with Gasteiger partial charge in [-0.2, -0.15) is 0 Å². The van der Waals surface area contributed by atoms with Gasteiger partial charge in [0, 0.05) is 27.5 Å². The van der Waals surface area contributed by atoms with E-state index in [1.165, 1.54) is 65.5 Å². The first-order valence-electron chi connectivity index (χ1n) is 20.3. The maximum absolute atomic E-state index is 5.26. The summed E-state index contributed by atoms with van der Waals surface area (Å²) in [5.41, 5.74) is 13.8. The number of hydrogen-bond acceptors (Lipinski definition) is 3. The molecule has 1 heterocycles. The van der Waals surface area contributed by atoms with Crippen molar-refractivity contribution in [1.29, 1.82) is 0 Å². The first kappa shape index (κ1) is 32.7. The Kier molecular flexibility index (Phi) is 7.40. The fraction of sp³-hybridized carbons (Fsp3) is 0.250. The highest BCUT2D eigenvalue weighted by atomic mass is 15.0. The van der Waals surface area contributed by atoms with Crippen molar-refractivity contribution in [2.45, 2.75) is 56.8 Å². The Morgan fingerprint density at radius 1 is 0.364 bits per heavy atom. The van der Waals surface area contributed by atoms with Crippen LogP contribution in [0.2, 0.25) is 0 Å². The van der Waals surface area contributed by atoms with Crippen LogP contribution >= 0.6 is 0 Å². The molecular weight excluding hydrogens is 667 g/mol. The van der Waals surface area contributed by atoms with Crippen LogP contribution in [0.1, 0.15) is 68.2 Å². The fourth-order valence-electron chi connectivity index (χ4n) is 11.7. The van der Waals surface area contributed by atoms with Gasteiger partial charge < -0.3 is 0 Å². The fourth-order valence-corrected chi connectivity index (χ4v) is 11.7. The van der Waals surface area contributed by atoms with Crippen molar-refractivity contribution in [3.05, 3.63) is 174 Å². The van der Waals surface area contributed by atoms with Crippen LogP contribution in [0.3, 0.4) is 0 Å². The Bertz CT molecular complexity index is 2420. The summed E-state index contributed by atoms with van der Waals surface area (Å²) in [7, 11) is 0. The number of hydrogen-bond donors (Lipinski definition) is 0. The van der Waals surface area contributed by atoms with Gasteiger partial charge >= 0.3 is 0 Å². The van der Waals surface area contributed by atoms with Crippen molar-refractivity contribution in [3.8, 4) is 56.4 Å². The van der Waals surface area contributed by atoms with Crippen molar-refractivity contribution in [1.82, 2.24) is 15.0 Å². The third-order valence-corrected chi connectivity index (χ3v) is 14.0. The van der Waals surface area contributed by atoms with Crippen LogP contribution in [0, 0.1) is 23.7 Å². The maximum atomic E-state index is 5.26. The summed E-state index contributed by atoms with van der Waals surface area (Å²) < 4.78 is 0. The van der Waals surface area contributed by atoms with Gasteiger partial charge in [-0.1, -0.05) is 159 Å². The summed E-state index contributed by atoms with van der Waals surface area (Å²) in [6, 6.07) is 55.1. The predicted molar refractivity (Wildman–Crippen MR) is 223 cm³/mol. The second kappa shape index (κ2) is 12.4. The van der Waals surface area contributed by atoms with Crippen LogP contribution in [0.4, 0.5) is 0 Å². The molecule has 0 aliphatic heterocycles. The van der Waals surface area contributed by atoms with Crippen molar-refractivity contribution in [3.63, 3.8) is 0 Å². The van der Waals surface area contributed by atoms with E-state index in [0.29, 0.717) is 23.5 Å². The number of rotatable bonds is 5. The minimum atomic E-state index is -0.152. The van der Waals surface area contributed by atoms with Crippen molar-refractivity contribution < 1.29 is 0 Å². The lowest BCUT2D eigenvalue weighted by atomic mass is 9.39. The highest BCUT2D eigenvalue weighted by Gasteiger charge is 2.62. The summed E-state index contributed by atoms with van der Waals surface area (Å²) in [5, 5.41) is 0. The molecule has 5 aliphatic rings. The molecule has 0 unspecified atom stereocenters. The van der Waals surface area contributed by atoms with Crippen molar-refractivity contribution in [2.24, 2.45) is 23.7 Å². The summed E-state index contributed by atoms with van der Waals surface area (Å²) in [4.78, 5) is 15.7. The molecule has 0 saturated heterocycles. The first-order valence-corrected chi connectivity index (χ1v) is 20.3. The van der Waals surface area contributed by atoms with E-state index in [0.717, 1.165) is 34.4 Å². The summed E-state index contributed by atoms with van der Waals surface area (Å²) in [5.74, 6) is 5.32. The quantitative estimate of drug-likeness (QED) is 0.178. The average Bonchev–Trinajstić information content (AvgIpc) is 3.24. The number of benzene rings is 6. The summed E-state index contributed by atoms with van der Waals surface area (Å²) in [6.45, 7) is 4.87. The molecule has 6 aromatic carbocycles. The molecule has 4 fully saturated rings. The van der Waals surface area contributed by atoms with E-state index in [2.05, 4.69) is 166 Å². The molecule has 0 radical (unpaired) electrons. The third-order valence-electron chi connectivity index (χ3n) is 14.0. The molecule has 4 saturated carbocycles. The molecule has 0 amide bonds. The van der Waals surface area contributed by atoms with Gasteiger partial charge in [-0.3, -0.25) is 0 Å². The lowest BCUT2D eigenvalue weighted by Gasteiger charge is -2.64. The van der Waals surface area contributed by atoms with Crippen LogP contribution in [0.15, 0.2) is 152 Å². The molecule has 5 aliphatic carbocycles. The summed E-state index contributed by atoms with van der Waals surface area (Å²) in [6.07, 6.45) is 6.94. The van der Waals surface area contributed by atoms with E-state index < -0.39 is 0 Å². The average molecular weight is 712 g/mol. The van der Waals surface area contributed by atoms with Gasteiger partial charge in [-0.05, 0) is 106 Å². The zero-order valence-electron chi connectivity index (χ0n) is 31.6. The Morgan fingerprint density at radius 3 is 1.25 bits per heavy atom. The zero-order valence-corrected chi connectivity index (χ0v) is 31.6. The molecule has 12 rings (SSSR count). The highest BCUT2D eigenvalue weighted by Crippen LogP contribution is 2.68. The lowest BCUT2D eigenvalue weighted by molar-refractivity contribution is -0.0443. The molecule has 1 aromatic heterocycles. The van der Waals surface area contributed by atoms with Crippen LogP contribution in [-0.2, 0) is 10.8 Å². The predicted octanol–water partition coefficient (Wildman–Crippen LogP) is 12.6. The number of fused-ring (bicyclic) bond motifs is 2. The zero-order chi connectivity index (χ0) is 36.7. The van der Waals surface area contributed by atoms with E-state index in [-0.39, 0.29) is 10.8 Å². The van der Waals surface area contributed by atoms with Gasteiger partial charge in [0.25, 0.3) is 0 Å². The monoisotopic (exact) mass is 711 g/mol. The van der Waals surface area contributed by atoms with Crippen molar-refractivity contribution >= 4 is 0 Å². The topological polar surface area (TPSA) is 38.7 Å². The second-order valence-electron chi connectivity index (χ2n) is 17.3. The van der Waals surface area contributed by atoms with E-state index in [9.17, 15) is 0 Å². The molecule has 3 nitrogen and oxygen atoms in total. The first-order chi connectivity index (χ1) is 26.9. The molecule has 55 heavy (non-hydrogen) atoms. The van der Waals surface area contributed by atoms with Crippen LogP contribution in [0.5, 0.6) is 0 Å². The highest BCUT2D eigenvalue weighted by molar-refractivity contribution is 5.73. The smallest absolute Gasteiger partial charge is 0.164 e. The Morgan fingerprint density at radius 2 is 0.745 bits per heavy atom. The van der Waals surface area contributed by atoms with Gasteiger partial charge in [-0.15, -0.1) is 0 Å². The number of aromatic nitrogens is 3. The van der Waals surface area contributed by atoms with E-state index in [4.69, 9.17) is 15.0 Å². The molecule has 0 atom stereocenters. The van der Waals surface area contributed by atoms with E-state index in [1.807, 2.05) is 0 Å². The van der Waals surface area contributed by atoms with Crippen LogP contribution in [-0.4, -0.2) is 15.0 Å². The van der Waals surface area contributed by atoms with E-state index >= 15 is 0 Å². The lowest BCUT2D eigenvalue weighted by Crippen LogP contribution is -2.58. The van der Waals surface area contributed by atoms with Gasteiger partial charge in [0.2, 0.25) is 0 Å². The molecule has 268 valence electrons. The molecule has 1 spiro atoms. The summed E-state index contributed by atoms with van der Waals surface area (Å²) >= 11 is 0. The van der Waals surface area contributed by atoms with E-state index in [1.54, 1.807) is 11.1 Å².